The van der Waals surface area contributed by atoms with Gasteiger partial charge in [-0.25, -0.2) is 0 Å². The van der Waals surface area contributed by atoms with Gasteiger partial charge in [0, 0.05) is 92.4 Å². The molecule has 0 aromatic heterocycles. The van der Waals surface area contributed by atoms with Crippen molar-refractivity contribution in [3.63, 3.8) is 0 Å². The molecule has 0 amide bonds. The highest BCUT2D eigenvalue weighted by Crippen LogP contribution is 2.62. The molecule has 0 spiro atoms. The molecule has 4 aromatic rings. The van der Waals surface area contributed by atoms with Crippen molar-refractivity contribution in [3.05, 3.63) is 93.0 Å². The predicted molar refractivity (Wildman–Crippen MR) is 252 cm³/mol. The van der Waals surface area contributed by atoms with Crippen molar-refractivity contribution in [2.45, 2.75) is 130 Å². The molecular weight excluding hydrogens is 892 g/mol. The highest BCUT2D eigenvalue weighted by Gasteiger charge is 2.41. The van der Waals surface area contributed by atoms with Gasteiger partial charge in [0.1, 0.15) is 46.0 Å². The zero-order chi connectivity index (χ0) is 44.5. The maximum atomic E-state index is 6.85. The molecule has 1 aliphatic carbocycles. The molecule has 16 heteroatoms. The lowest BCUT2D eigenvalue weighted by atomic mass is 9.76. The van der Waals surface area contributed by atoms with Crippen molar-refractivity contribution in [2.24, 2.45) is 0 Å². The first-order valence-corrected chi connectivity index (χ1v) is 27.6. The summed E-state index contributed by atoms with van der Waals surface area (Å²) in [5, 5.41) is 0. The zero-order valence-electron chi connectivity index (χ0n) is 38.1. The molecular formula is C48H60O12P4. The third-order valence-electron chi connectivity index (χ3n) is 12.2. The molecule has 8 bridgehead atoms. The third kappa shape index (κ3) is 8.89. The summed E-state index contributed by atoms with van der Waals surface area (Å²) in [6.07, 6.45) is 7.02. The Morgan fingerprint density at radius 1 is 0.297 bits per heavy atom. The molecule has 0 N–H and O–H groups in total. The Hall–Kier alpha value is -3.16. The van der Waals surface area contributed by atoms with E-state index in [0.717, 1.165) is 95.9 Å². The lowest BCUT2D eigenvalue weighted by molar-refractivity contribution is 0.269. The molecule has 0 fully saturated rings. The first-order chi connectivity index (χ1) is 31.3. The fourth-order valence-electron chi connectivity index (χ4n) is 9.61. The summed E-state index contributed by atoms with van der Waals surface area (Å²) in [5.74, 6) is 4.85. The fourth-order valence-corrected chi connectivity index (χ4v) is 13.6. The maximum absolute atomic E-state index is 6.85. The summed E-state index contributed by atoms with van der Waals surface area (Å²) in [7, 11) is -7.60. The largest absolute Gasteiger partial charge is 0.463 e. The van der Waals surface area contributed by atoms with Crippen molar-refractivity contribution in [1.29, 1.82) is 0 Å². The number of hydrogen-bond donors (Lipinski definition) is 0. The Kier molecular flexibility index (Phi) is 14.6. The smallest absolute Gasteiger partial charge is 0.417 e. The molecule has 0 atom stereocenters. The Morgan fingerprint density at radius 2 is 0.469 bits per heavy atom. The zero-order valence-corrected chi connectivity index (χ0v) is 41.7. The number of benzene rings is 4. The number of hydrogen-bond acceptors (Lipinski definition) is 12. The standard InChI is InChI=1S/C48H60O12P4/c1-9-17-29-33-21-35-30(18-10-2)37-23-39-32(20-12-4)40-24-38-31(19-11-3)36-22-34(29)42-26-44(36)56-63(51-15-7)58-46(38)28-48(40)60-64(52-16-8)59-47(39)27-45(37)57-62(50-14-6)55-43(35)25-41(33)53-61(54-42)49-13-5/h21-32H,9-20H2,1-8H3. The van der Waals surface area contributed by atoms with Gasteiger partial charge in [-0.2, -0.15) is 0 Å². The maximum Gasteiger partial charge on any atom is 0.463 e. The average Bonchev–Trinajstić information content (AvgIpc) is 3.25. The van der Waals surface area contributed by atoms with E-state index in [1.807, 2.05) is 52.0 Å². The van der Waals surface area contributed by atoms with Crippen LogP contribution in [0.4, 0.5) is 0 Å². The Labute approximate surface area is 383 Å². The first-order valence-electron chi connectivity index (χ1n) is 23.2. The van der Waals surface area contributed by atoms with Gasteiger partial charge in [-0.1, -0.05) is 53.4 Å². The van der Waals surface area contributed by atoms with Crippen molar-refractivity contribution >= 4 is 34.4 Å². The van der Waals surface area contributed by atoms with E-state index >= 15 is 0 Å². The molecule has 5 aliphatic rings. The van der Waals surface area contributed by atoms with Crippen LogP contribution < -0.4 is 36.2 Å². The minimum absolute atomic E-state index is 0.110. The highest BCUT2D eigenvalue weighted by atomic mass is 31.2. The summed E-state index contributed by atoms with van der Waals surface area (Å²) in [6, 6.07) is 17.4. The van der Waals surface area contributed by atoms with Gasteiger partial charge in [-0.05, 0) is 77.6 Å². The van der Waals surface area contributed by atoms with Crippen LogP contribution >= 0.6 is 34.4 Å². The molecule has 4 aliphatic heterocycles. The average molecular weight is 953 g/mol. The van der Waals surface area contributed by atoms with E-state index in [2.05, 4.69) is 52.0 Å². The van der Waals surface area contributed by atoms with Gasteiger partial charge >= 0.3 is 34.4 Å². The molecule has 4 aromatic carbocycles. The predicted octanol–water partition coefficient (Wildman–Crippen LogP) is 15.9. The minimum Gasteiger partial charge on any atom is -0.417 e. The summed E-state index contributed by atoms with van der Waals surface area (Å²) in [5.41, 5.74) is 8.46. The monoisotopic (exact) mass is 952 g/mol. The molecule has 64 heavy (non-hydrogen) atoms. The van der Waals surface area contributed by atoms with Gasteiger partial charge < -0.3 is 36.2 Å². The second-order valence-electron chi connectivity index (χ2n) is 16.4. The van der Waals surface area contributed by atoms with Crippen LogP contribution in [0.2, 0.25) is 0 Å². The second kappa shape index (κ2) is 20.4. The fraction of sp³-hybridized carbons (Fsp3) is 0.500. The van der Waals surface area contributed by atoms with Crippen LogP contribution in [-0.4, -0.2) is 26.4 Å². The summed E-state index contributed by atoms with van der Waals surface area (Å²) >= 11 is 0. The van der Waals surface area contributed by atoms with Crippen LogP contribution in [0.3, 0.4) is 0 Å². The molecule has 0 unspecified atom stereocenters. The first kappa shape index (κ1) is 46.0. The van der Waals surface area contributed by atoms with Crippen LogP contribution in [-0.2, 0) is 18.1 Å². The Morgan fingerprint density at radius 3 is 0.609 bits per heavy atom. The second-order valence-corrected chi connectivity index (χ2v) is 20.7. The van der Waals surface area contributed by atoms with Crippen molar-refractivity contribution in [1.82, 2.24) is 0 Å². The lowest BCUT2D eigenvalue weighted by Gasteiger charge is -2.36. The van der Waals surface area contributed by atoms with Gasteiger partial charge in [-0.15, -0.1) is 0 Å². The number of rotatable bonds is 16. The van der Waals surface area contributed by atoms with E-state index in [9.17, 15) is 0 Å². The molecule has 0 saturated carbocycles. The molecule has 0 radical (unpaired) electrons. The van der Waals surface area contributed by atoms with E-state index in [0.29, 0.717) is 72.4 Å². The van der Waals surface area contributed by atoms with Gasteiger partial charge in [0.05, 0.1) is 26.4 Å². The highest BCUT2D eigenvalue weighted by molar-refractivity contribution is 7.43. The Bertz CT molecular complexity index is 1880. The molecule has 4 heterocycles. The molecule has 9 rings (SSSR count). The van der Waals surface area contributed by atoms with Gasteiger partial charge in [0.25, 0.3) is 0 Å². The minimum atomic E-state index is -1.90. The van der Waals surface area contributed by atoms with E-state index in [1.165, 1.54) is 0 Å². The van der Waals surface area contributed by atoms with E-state index in [1.54, 1.807) is 0 Å². The molecule has 0 saturated heterocycles. The van der Waals surface area contributed by atoms with Crippen LogP contribution in [0.5, 0.6) is 46.0 Å². The van der Waals surface area contributed by atoms with Crippen molar-refractivity contribution in [2.75, 3.05) is 26.4 Å². The summed E-state index contributed by atoms with van der Waals surface area (Å²) in [6.45, 7) is 18.3. The van der Waals surface area contributed by atoms with Crippen LogP contribution in [0, 0.1) is 0 Å². The summed E-state index contributed by atoms with van der Waals surface area (Å²) < 4.78 is 79.9. The summed E-state index contributed by atoms with van der Waals surface area (Å²) in [4.78, 5) is 0. The normalized spacial score (nSPS) is 24.4. The van der Waals surface area contributed by atoms with E-state index in [4.69, 9.17) is 54.3 Å². The van der Waals surface area contributed by atoms with E-state index < -0.39 is 34.4 Å². The van der Waals surface area contributed by atoms with Crippen LogP contribution in [0.1, 0.15) is 175 Å². The quantitative estimate of drug-likeness (QED) is 0.0997. The third-order valence-corrected chi connectivity index (χ3v) is 16.8. The molecule has 344 valence electrons. The van der Waals surface area contributed by atoms with Crippen molar-refractivity contribution < 1.29 is 54.3 Å². The van der Waals surface area contributed by atoms with Gasteiger partial charge in [0.2, 0.25) is 0 Å². The van der Waals surface area contributed by atoms with Gasteiger partial charge in [-0.3, -0.25) is 18.1 Å². The Balaban J connectivity index is 1.44. The van der Waals surface area contributed by atoms with Gasteiger partial charge in [0.15, 0.2) is 0 Å². The van der Waals surface area contributed by atoms with Crippen LogP contribution in [0.15, 0.2) is 48.5 Å². The topological polar surface area (TPSA) is 111 Å². The molecule has 12 nitrogen and oxygen atoms in total. The van der Waals surface area contributed by atoms with Crippen LogP contribution in [0.25, 0.3) is 0 Å². The van der Waals surface area contributed by atoms with E-state index in [-0.39, 0.29) is 23.7 Å². The SMILES string of the molecule is CCCC1c2cc3c4cc2OP(OCC)Oc2cc5c(cc21)C(CCC)c1cc2c(cc1OP(OCC)O5)OP(OCC)Oc1cc(c(cc1C2CCC)C3CCC)OP(OCC)O4. The lowest BCUT2D eigenvalue weighted by Crippen LogP contribution is -2.19. The van der Waals surface area contributed by atoms with Crippen molar-refractivity contribution in [3.8, 4) is 46.0 Å².